The number of halogens is 1. The number of aliphatic hydroxyl groups is 5. The molecule has 10 N–H and O–H groups in total. The summed E-state index contributed by atoms with van der Waals surface area (Å²) in [5.74, 6) is 0. The largest absolute Gasteiger partial charge is 0.483 e. The summed E-state index contributed by atoms with van der Waals surface area (Å²) in [6.45, 7) is 10.8. The number of ether oxygens (including phenoxy) is 2. The van der Waals surface area contributed by atoms with Crippen molar-refractivity contribution in [2.75, 3.05) is 39.4 Å². The van der Waals surface area contributed by atoms with Gasteiger partial charge in [-0.15, -0.1) is 0 Å². The molecule has 270 valence electrons. The molecule has 1 aromatic rings. The van der Waals surface area contributed by atoms with Gasteiger partial charge in [0.15, 0.2) is 12.4 Å². The minimum atomic E-state index is -5.67. The van der Waals surface area contributed by atoms with Gasteiger partial charge < -0.3 is 55.4 Å². The maximum Gasteiger partial charge on any atom is 0.483 e. The Morgan fingerprint density at radius 1 is 0.891 bits per heavy atom. The maximum absolute atomic E-state index is 14.1. The minimum absolute atomic E-state index is 0.711. The van der Waals surface area contributed by atoms with Gasteiger partial charge in [0.1, 0.15) is 36.6 Å². The van der Waals surface area contributed by atoms with E-state index in [1.165, 1.54) is 0 Å². The van der Waals surface area contributed by atoms with E-state index >= 15 is 0 Å². The van der Waals surface area contributed by atoms with Gasteiger partial charge in [-0.25, -0.2) is 18.3 Å². The first-order valence-corrected chi connectivity index (χ1v) is 17.2. The Hall–Kier alpha value is -1.49. The van der Waals surface area contributed by atoms with E-state index in [4.69, 9.17) is 14.6 Å². The van der Waals surface area contributed by atoms with Crippen LogP contribution < -0.4 is 21.9 Å². The molecule has 46 heavy (non-hydrogen) atoms. The van der Waals surface area contributed by atoms with E-state index in [2.05, 4.69) is 51.7 Å². The van der Waals surface area contributed by atoms with Crippen LogP contribution in [0.5, 0.6) is 0 Å². The second-order valence-electron chi connectivity index (χ2n) is 9.55. The Kier molecular flexibility index (Phi) is 18.6. The highest BCUT2D eigenvalue weighted by Gasteiger charge is 2.50. The zero-order valence-electron chi connectivity index (χ0n) is 25.6. The number of nitrogens with one attached hydrogen (secondary N) is 3. The van der Waals surface area contributed by atoms with E-state index in [1.807, 2.05) is 4.98 Å². The van der Waals surface area contributed by atoms with Crippen LogP contribution in [-0.4, -0.2) is 133 Å². The van der Waals surface area contributed by atoms with Gasteiger partial charge in [-0.1, -0.05) is 27.7 Å². The molecule has 23 heteroatoms. The fourth-order valence-electron chi connectivity index (χ4n) is 3.83. The number of phosphoric ester groups is 2. The van der Waals surface area contributed by atoms with Crippen molar-refractivity contribution in [2.24, 2.45) is 0 Å². The number of nitrogens with zero attached hydrogens (tertiary/aromatic N) is 1. The van der Waals surface area contributed by atoms with Crippen molar-refractivity contribution in [1.82, 2.24) is 20.2 Å². The fraction of sp³-hybridized carbons (Fsp3) is 0.826. The SMILES string of the molecule is CCNCC.CCNCC.O=c1ccn([C@@H]2O[C@H](COP(=O)(O)OP(=O)(O)OC3OC(CO)C(O)C(O)C3F)[C@@H](O)[C@H]2O)c(=O)[nH]1. The molecule has 3 heterocycles. The number of rotatable bonds is 13. The first-order valence-electron chi connectivity index (χ1n) is 14.2. The number of alkyl halides is 1. The summed E-state index contributed by atoms with van der Waals surface area (Å²) in [6, 6.07) is 0.919. The summed E-state index contributed by atoms with van der Waals surface area (Å²) in [5, 5.41) is 54.7. The summed E-state index contributed by atoms with van der Waals surface area (Å²) in [4.78, 5) is 44.4. The predicted octanol–water partition coefficient (Wildman–Crippen LogP) is -2.58. The normalized spacial score (nSPS) is 31.9. The highest BCUT2D eigenvalue weighted by Crippen LogP contribution is 2.61. The number of aliphatic hydroxyl groups excluding tert-OH is 5. The second-order valence-corrected chi connectivity index (χ2v) is 12.5. The zero-order chi connectivity index (χ0) is 35.2. The second kappa shape index (κ2) is 20.1. The number of phosphoric acid groups is 2. The van der Waals surface area contributed by atoms with Crippen LogP contribution in [0.3, 0.4) is 0 Å². The summed E-state index contributed by atoms with van der Waals surface area (Å²) >= 11 is 0. The highest BCUT2D eigenvalue weighted by molar-refractivity contribution is 7.61. The monoisotopic (exact) mass is 714 g/mol. The van der Waals surface area contributed by atoms with Crippen LogP contribution in [0.25, 0.3) is 0 Å². The molecule has 0 amide bonds. The average molecular weight is 715 g/mol. The molecule has 2 fully saturated rings. The predicted molar refractivity (Wildman–Crippen MR) is 156 cm³/mol. The Labute approximate surface area is 263 Å². The fourth-order valence-corrected chi connectivity index (χ4v) is 5.98. The Bertz CT molecular complexity index is 1230. The molecule has 3 rings (SSSR count). The number of aromatic nitrogens is 2. The Balaban J connectivity index is 0.000000919. The van der Waals surface area contributed by atoms with Gasteiger partial charge in [0.2, 0.25) is 6.29 Å². The number of hydrogen-bond donors (Lipinski definition) is 10. The standard InChI is InChI=1S/C15H23FN2O16P2.2C4H11N/c16-8-11(23)9(21)5(3-19)32-14(8)33-36(28,29)34-35(26,27)30-4-6-10(22)12(24)13(31-6)18-2-1-7(20)17-15(18)25;2*1-3-5-4-2/h1-2,5-6,8-14,19,21-24H,3-4H2,(H,26,27)(H,28,29)(H,17,20,25);2*5H,3-4H2,1-2H3/t5?,6-,8?,9?,10-,11?,12-,13-,14?;;/m1../s1. The third-order valence-electron chi connectivity index (χ3n) is 6.11. The molecule has 2 saturated heterocycles. The van der Waals surface area contributed by atoms with Crippen LogP contribution in [0.2, 0.25) is 0 Å². The molecule has 7 unspecified atom stereocenters. The quantitative estimate of drug-likeness (QED) is 0.0938. The van der Waals surface area contributed by atoms with Gasteiger partial charge in [0.05, 0.1) is 13.2 Å². The topological polar surface area (TPSA) is 301 Å². The first kappa shape index (κ1) is 42.5. The molecule has 2 aliphatic rings. The lowest BCUT2D eigenvalue weighted by molar-refractivity contribution is -0.265. The van der Waals surface area contributed by atoms with Crippen molar-refractivity contribution in [3.63, 3.8) is 0 Å². The van der Waals surface area contributed by atoms with Gasteiger partial charge in [0, 0.05) is 12.3 Å². The van der Waals surface area contributed by atoms with Crippen molar-refractivity contribution in [1.29, 1.82) is 0 Å². The Morgan fingerprint density at radius 2 is 1.43 bits per heavy atom. The summed E-state index contributed by atoms with van der Waals surface area (Å²) in [6.07, 6.45) is -16.6. The van der Waals surface area contributed by atoms with Gasteiger partial charge >= 0.3 is 21.3 Å². The van der Waals surface area contributed by atoms with E-state index in [1.54, 1.807) is 0 Å². The van der Waals surface area contributed by atoms with Crippen molar-refractivity contribution in [2.45, 2.75) is 83.0 Å². The lowest BCUT2D eigenvalue weighted by Crippen LogP contribution is -2.57. The third-order valence-corrected chi connectivity index (χ3v) is 8.71. The van der Waals surface area contributed by atoms with Gasteiger partial charge in [-0.3, -0.25) is 23.4 Å². The highest BCUT2D eigenvalue weighted by atomic mass is 31.3. The van der Waals surface area contributed by atoms with Crippen LogP contribution in [0.4, 0.5) is 4.39 Å². The first-order chi connectivity index (χ1) is 21.5. The van der Waals surface area contributed by atoms with Crippen LogP contribution in [-0.2, 0) is 32.0 Å². The maximum atomic E-state index is 14.1. The lowest BCUT2D eigenvalue weighted by Gasteiger charge is -2.38. The lowest BCUT2D eigenvalue weighted by atomic mass is 10.0. The molecule has 1 aromatic heterocycles. The van der Waals surface area contributed by atoms with E-state index < -0.39 is 95.4 Å². The molecule has 0 spiro atoms. The minimum Gasteiger partial charge on any atom is -0.394 e. The van der Waals surface area contributed by atoms with E-state index in [9.17, 15) is 53.3 Å². The molecule has 0 saturated carbocycles. The molecule has 0 radical (unpaired) electrons. The van der Waals surface area contributed by atoms with Gasteiger partial charge in [-0.05, 0) is 26.2 Å². The van der Waals surface area contributed by atoms with E-state index in [-0.39, 0.29) is 0 Å². The van der Waals surface area contributed by atoms with Gasteiger partial charge in [0.25, 0.3) is 5.56 Å². The zero-order valence-corrected chi connectivity index (χ0v) is 27.4. The molecule has 11 atom stereocenters. The van der Waals surface area contributed by atoms with Crippen molar-refractivity contribution < 1.29 is 71.7 Å². The van der Waals surface area contributed by atoms with Crippen molar-refractivity contribution >= 4 is 15.6 Å². The summed E-state index contributed by atoms with van der Waals surface area (Å²) in [7, 11) is -11.2. The molecule has 0 aliphatic carbocycles. The molecule has 0 bridgehead atoms. The summed E-state index contributed by atoms with van der Waals surface area (Å²) < 4.78 is 61.7. The van der Waals surface area contributed by atoms with Crippen LogP contribution in [0.15, 0.2) is 21.9 Å². The third kappa shape index (κ3) is 13.2. The number of hydrogen-bond acceptors (Lipinski definition) is 16. The molecular weight excluding hydrogens is 669 g/mol. The van der Waals surface area contributed by atoms with Crippen molar-refractivity contribution in [3.05, 3.63) is 33.1 Å². The van der Waals surface area contributed by atoms with Crippen LogP contribution >= 0.6 is 15.6 Å². The van der Waals surface area contributed by atoms with Crippen LogP contribution in [0, 0.1) is 0 Å². The smallest absolute Gasteiger partial charge is 0.394 e. The van der Waals surface area contributed by atoms with Crippen LogP contribution in [0.1, 0.15) is 33.9 Å². The number of aromatic amines is 1. The molecule has 20 nitrogen and oxygen atoms in total. The molecule has 2 aliphatic heterocycles. The Morgan fingerprint density at radius 3 is 1.91 bits per heavy atom. The summed E-state index contributed by atoms with van der Waals surface area (Å²) in [5.41, 5.74) is -1.76. The van der Waals surface area contributed by atoms with Gasteiger partial charge in [-0.2, -0.15) is 4.31 Å². The van der Waals surface area contributed by atoms with E-state index in [0.717, 1.165) is 38.4 Å². The van der Waals surface area contributed by atoms with E-state index in [0.29, 0.717) is 4.57 Å². The number of H-pyrrole nitrogens is 1. The van der Waals surface area contributed by atoms with Crippen molar-refractivity contribution in [3.8, 4) is 0 Å². The molecular formula is C23H45FN4O16P2. The average Bonchev–Trinajstić information content (AvgIpc) is 3.26. The molecule has 0 aromatic carbocycles.